The smallest absolute Gasteiger partial charge is 0.350 e. The van der Waals surface area contributed by atoms with Gasteiger partial charge in [-0.2, -0.15) is 0 Å². The van der Waals surface area contributed by atoms with Gasteiger partial charge in [-0.1, -0.05) is 27.2 Å². The summed E-state index contributed by atoms with van der Waals surface area (Å²) in [7, 11) is 0. The van der Waals surface area contributed by atoms with Gasteiger partial charge in [0.2, 0.25) is 11.5 Å². The van der Waals surface area contributed by atoms with Crippen LogP contribution in [0.1, 0.15) is 117 Å². The average molecular weight is 670 g/mol. The normalized spacial score (nSPS) is 32.6. The zero-order chi connectivity index (χ0) is 35.3. The van der Waals surface area contributed by atoms with E-state index in [1.165, 1.54) is 85.5 Å². The minimum absolute atomic E-state index is 0. The van der Waals surface area contributed by atoms with E-state index in [1.807, 2.05) is 6.92 Å². The van der Waals surface area contributed by atoms with Crippen LogP contribution in [0.25, 0.3) is 0 Å². The molecule has 0 heterocycles. The van der Waals surface area contributed by atoms with Gasteiger partial charge in [0.15, 0.2) is 6.61 Å². The first-order valence-electron chi connectivity index (χ1n) is 17.3. The molecule has 0 bridgehead atoms. The van der Waals surface area contributed by atoms with Gasteiger partial charge in [-0.05, 0) is 113 Å². The van der Waals surface area contributed by atoms with E-state index < -0.39 is 48.5 Å². The van der Waals surface area contributed by atoms with E-state index in [9.17, 15) is 28.8 Å². The van der Waals surface area contributed by atoms with Gasteiger partial charge in [-0.3, -0.25) is 19.2 Å². The highest BCUT2D eigenvalue weighted by molar-refractivity contribution is 5.86. The Bertz CT molecular complexity index is 1210. The monoisotopic (exact) mass is 669 g/mol. The Balaban J connectivity index is 0.000000905. The summed E-state index contributed by atoms with van der Waals surface area (Å²) in [6, 6.07) is 0. The molecular formula is C36H63NO10. The second-order valence-electron chi connectivity index (χ2n) is 15.6. The van der Waals surface area contributed by atoms with E-state index in [4.69, 9.17) is 9.84 Å². The summed E-state index contributed by atoms with van der Waals surface area (Å²) in [6.07, 6.45) is 12.6. The van der Waals surface area contributed by atoms with Crippen LogP contribution in [0.2, 0.25) is 0 Å². The number of rotatable bonds is 10. The predicted molar refractivity (Wildman–Crippen MR) is 179 cm³/mol. The molecule has 3 unspecified atom stereocenters. The standard InChI is InChI=1S/C22H36O.C14H21NO9.3H2/c1-14-9-11-21(3)16(13-14)5-6-17-19-8-7-18(15(2)23)22(19,4)12-10-20(17)21;1-9(16)15(5-6-22-10(2)17)7-12(20)24-14(3,4)13(21)23-8-11(18)19;;;/h14,16-20H,5-13H2,1-4H3;5-8H2,1-4H3,(H,18,19);3*1H/t14-,16?,17-,18+,19?,20?,21-,22+;;;;/m0..../s1. The van der Waals surface area contributed by atoms with Crippen molar-refractivity contribution in [2.45, 2.75) is 119 Å². The van der Waals surface area contributed by atoms with Crippen LogP contribution in [0.3, 0.4) is 0 Å². The molecule has 0 aliphatic heterocycles. The highest BCUT2D eigenvalue weighted by Crippen LogP contribution is 2.67. The van der Waals surface area contributed by atoms with Crippen molar-refractivity contribution in [1.82, 2.24) is 4.90 Å². The molecule has 0 aromatic heterocycles. The molecular weight excluding hydrogens is 606 g/mol. The van der Waals surface area contributed by atoms with Crippen molar-refractivity contribution < 1.29 is 52.4 Å². The lowest BCUT2D eigenvalue weighted by atomic mass is 9.44. The highest BCUT2D eigenvalue weighted by atomic mass is 16.6. The summed E-state index contributed by atoms with van der Waals surface area (Å²) in [4.78, 5) is 69.3. The van der Waals surface area contributed by atoms with Crippen LogP contribution < -0.4 is 0 Å². The van der Waals surface area contributed by atoms with Crippen molar-refractivity contribution in [2.75, 3.05) is 26.3 Å². The number of ketones is 1. The molecule has 272 valence electrons. The van der Waals surface area contributed by atoms with Crippen LogP contribution in [0.5, 0.6) is 0 Å². The topological polar surface area (TPSA) is 154 Å². The number of hydrogen-bond acceptors (Lipinski definition) is 9. The molecule has 0 spiro atoms. The van der Waals surface area contributed by atoms with Crippen molar-refractivity contribution in [3.05, 3.63) is 0 Å². The van der Waals surface area contributed by atoms with Crippen molar-refractivity contribution in [3.63, 3.8) is 0 Å². The summed E-state index contributed by atoms with van der Waals surface area (Å²) in [6.45, 7) is 12.9. The number of carboxylic acids is 1. The Morgan fingerprint density at radius 3 is 2.11 bits per heavy atom. The number of carbonyl (C=O) groups excluding carboxylic acids is 5. The SMILES string of the molecule is CC(=O)OCCN(CC(=O)OC(C)(C)C(=O)OCC(=O)O)C(C)=O.CC(=O)[C@H]1CCC2[C@@H]3CCC4C[C@@H](C)CC[C@]4(C)C3CC[C@@]21C.[HH].[HH].[HH]. The lowest BCUT2D eigenvalue weighted by molar-refractivity contribution is -0.181. The third kappa shape index (κ3) is 9.13. The number of carboxylic acid groups (broad SMARTS) is 1. The number of ether oxygens (including phenoxy) is 3. The van der Waals surface area contributed by atoms with Gasteiger partial charge in [0, 0.05) is 24.0 Å². The fourth-order valence-electron chi connectivity index (χ4n) is 9.60. The van der Waals surface area contributed by atoms with Crippen LogP contribution in [-0.4, -0.2) is 77.5 Å². The van der Waals surface area contributed by atoms with Gasteiger partial charge in [-0.25, -0.2) is 9.59 Å². The highest BCUT2D eigenvalue weighted by Gasteiger charge is 2.60. The molecule has 47 heavy (non-hydrogen) atoms. The van der Waals surface area contributed by atoms with E-state index in [-0.39, 0.29) is 17.4 Å². The average Bonchev–Trinajstić information content (AvgIpc) is 3.33. The molecule has 11 heteroatoms. The fraction of sp³-hybridized carbons (Fsp3) is 0.833. The van der Waals surface area contributed by atoms with Crippen LogP contribution >= 0.6 is 0 Å². The maximum atomic E-state index is 12.2. The van der Waals surface area contributed by atoms with E-state index in [0.717, 1.165) is 34.5 Å². The summed E-state index contributed by atoms with van der Waals surface area (Å²) in [5.74, 6) is 1.24. The zero-order valence-electron chi connectivity index (χ0n) is 29.7. The Kier molecular flexibility index (Phi) is 12.7. The molecule has 4 aliphatic rings. The largest absolute Gasteiger partial charge is 0.479 e. The number of fused-ring (bicyclic) bond motifs is 5. The summed E-state index contributed by atoms with van der Waals surface area (Å²) < 4.78 is 14.1. The van der Waals surface area contributed by atoms with Crippen molar-refractivity contribution in [3.8, 4) is 0 Å². The molecule has 0 radical (unpaired) electrons. The Labute approximate surface area is 284 Å². The molecule has 4 aliphatic carbocycles. The first-order chi connectivity index (χ1) is 21.8. The maximum Gasteiger partial charge on any atom is 0.350 e. The molecule has 0 saturated heterocycles. The van der Waals surface area contributed by atoms with Gasteiger partial charge in [-0.15, -0.1) is 0 Å². The Morgan fingerprint density at radius 1 is 0.872 bits per heavy atom. The van der Waals surface area contributed by atoms with Crippen LogP contribution in [0.4, 0.5) is 0 Å². The molecule has 8 atom stereocenters. The second kappa shape index (κ2) is 15.5. The van der Waals surface area contributed by atoms with Crippen LogP contribution in [0, 0.1) is 46.3 Å². The summed E-state index contributed by atoms with van der Waals surface area (Å²) in [5, 5.41) is 8.45. The summed E-state index contributed by atoms with van der Waals surface area (Å²) in [5.41, 5.74) is -0.770. The van der Waals surface area contributed by atoms with Gasteiger partial charge >= 0.3 is 23.9 Å². The van der Waals surface area contributed by atoms with Gasteiger partial charge in [0.1, 0.15) is 18.9 Å². The van der Waals surface area contributed by atoms with E-state index >= 15 is 0 Å². The maximum absolute atomic E-state index is 12.2. The first kappa shape index (κ1) is 38.5. The minimum Gasteiger partial charge on any atom is -0.479 e. The fourth-order valence-corrected chi connectivity index (χ4v) is 9.60. The summed E-state index contributed by atoms with van der Waals surface area (Å²) >= 11 is 0. The Morgan fingerprint density at radius 2 is 1.51 bits per heavy atom. The van der Waals surface area contributed by atoms with Gasteiger partial charge in [0.05, 0.1) is 6.54 Å². The number of esters is 3. The molecule has 0 aromatic rings. The first-order valence-corrected chi connectivity index (χ1v) is 17.3. The second-order valence-corrected chi connectivity index (χ2v) is 15.6. The van der Waals surface area contributed by atoms with Crippen molar-refractivity contribution in [1.29, 1.82) is 0 Å². The third-order valence-corrected chi connectivity index (χ3v) is 12.0. The van der Waals surface area contributed by atoms with Crippen molar-refractivity contribution >= 4 is 35.6 Å². The zero-order valence-corrected chi connectivity index (χ0v) is 29.7. The lowest BCUT2D eigenvalue weighted by Gasteiger charge is -2.61. The molecule has 1 N–H and O–H groups in total. The third-order valence-electron chi connectivity index (χ3n) is 12.0. The van der Waals surface area contributed by atoms with Crippen molar-refractivity contribution in [2.24, 2.45) is 46.3 Å². The molecule has 4 saturated carbocycles. The Hall–Kier alpha value is -2.98. The molecule has 1 amide bonds. The quantitative estimate of drug-likeness (QED) is 0.218. The lowest BCUT2D eigenvalue weighted by Crippen LogP contribution is -2.53. The molecule has 11 nitrogen and oxygen atoms in total. The number of amides is 1. The molecule has 4 fully saturated rings. The van der Waals surface area contributed by atoms with Crippen LogP contribution in [0.15, 0.2) is 0 Å². The predicted octanol–water partition coefficient (Wildman–Crippen LogP) is 5.96. The van der Waals surface area contributed by atoms with Gasteiger partial charge in [0.25, 0.3) is 0 Å². The minimum atomic E-state index is -1.72. The number of aliphatic carboxylic acids is 1. The number of hydrogen-bond donors (Lipinski definition) is 1. The van der Waals surface area contributed by atoms with Crippen LogP contribution in [-0.2, 0) is 43.0 Å². The van der Waals surface area contributed by atoms with E-state index in [2.05, 4.69) is 30.2 Å². The number of Topliss-reactive ketones (excluding diaryl/α,β-unsaturated/α-hetero) is 1. The number of carbonyl (C=O) groups is 6. The van der Waals surface area contributed by atoms with E-state index in [0.29, 0.717) is 22.5 Å². The van der Waals surface area contributed by atoms with E-state index in [1.54, 1.807) is 0 Å². The molecule has 4 rings (SSSR count). The molecule has 0 aromatic carbocycles. The number of nitrogens with zero attached hydrogens (tertiary/aromatic N) is 1. The van der Waals surface area contributed by atoms with Gasteiger partial charge < -0.3 is 24.2 Å².